The van der Waals surface area contributed by atoms with E-state index < -0.39 is 0 Å². The number of likely N-dealkylation sites (N-methyl/N-ethyl adjacent to an activating group) is 1. The van der Waals surface area contributed by atoms with Crippen LogP contribution in [0.1, 0.15) is 62.3 Å². The Morgan fingerprint density at radius 2 is 1.89 bits per heavy atom. The summed E-state index contributed by atoms with van der Waals surface area (Å²) >= 11 is 0. The van der Waals surface area contributed by atoms with Gasteiger partial charge < -0.3 is 9.32 Å². The molecule has 2 saturated heterocycles. The Morgan fingerprint density at radius 3 is 2.56 bits per heavy atom. The van der Waals surface area contributed by atoms with Gasteiger partial charge >= 0.3 is 0 Å². The number of likely N-dealkylation sites (tertiary alicyclic amines) is 2. The van der Waals surface area contributed by atoms with Gasteiger partial charge in [0.2, 0.25) is 11.8 Å². The third-order valence-electron chi connectivity index (χ3n) is 6.34. The van der Waals surface area contributed by atoms with Crippen LogP contribution in [-0.4, -0.2) is 53.2 Å². The van der Waals surface area contributed by atoms with E-state index in [4.69, 9.17) is 4.42 Å². The molecule has 3 heterocycles. The Morgan fingerprint density at radius 1 is 1.15 bits per heavy atom. The van der Waals surface area contributed by atoms with Gasteiger partial charge in [-0.15, -0.1) is 10.2 Å². The average Bonchev–Trinajstić information content (AvgIpc) is 3.13. The lowest BCUT2D eigenvalue weighted by Gasteiger charge is -2.49. The predicted molar refractivity (Wildman–Crippen MR) is 107 cm³/mol. The summed E-state index contributed by atoms with van der Waals surface area (Å²) in [6, 6.07) is 11.1. The molecule has 1 unspecified atom stereocenters. The van der Waals surface area contributed by atoms with Gasteiger partial charge in [-0.05, 0) is 56.3 Å². The molecule has 1 aromatic heterocycles. The molecule has 1 aromatic carbocycles. The molecule has 0 saturated carbocycles. The number of aromatic nitrogens is 2. The summed E-state index contributed by atoms with van der Waals surface area (Å²) in [5.41, 5.74) is 1.94. The van der Waals surface area contributed by atoms with Gasteiger partial charge in [0.25, 0.3) is 0 Å². The molecule has 1 spiro atoms. The van der Waals surface area contributed by atoms with Crippen LogP contribution < -0.4 is 0 Å². The van der Waals surface area contributed by atoms with Crippen molar-refractivity contribution < 1.29 is 4.42 Å². The van der Waals surface area contributed by atoms with E-state index in [1.54, 1.807) is 0 Å². The van der Waals surface area contributed by atoms with Crippen molar-refractivity contribution in [2.45, 2.75) is 51.5 Å². The molecule has 0 bridgehead atoms. The van der Waals surface area contributed by atoms with Crippen molar-refractivity contribution in [3.8, 4) is 0 Å². The van der Waals surface area contributed by atoms with Crippen molar-refractivity contribution in [2.75, 3.05) is 33.2 Å². The van der Waals surface area contributed by atoms with Crippen LogP contribution in [-0.2, 0) is 6.54 Å². The quantitative estimate of drug-likeness (QED) is 0.819. The van der Waals surface area contributed by atoms with Gasteiger partial charge in [0, 0.05) is 19.0 Å². The molecule has 5 heteroatoms. The highest BCUT2D eigenvalue weighted by Crippen LogP contribution is 2.44. The summed E-state index contributed by atoms with van der Waals surface area (Å²) in [5, 5.41) is 8.40. The van der Waals surface area contributed by atoms with E-state index in [1.165, 1.54) is 37.9 Å². The summed E-state index contributed by atoms with van der Waals surface area (Å²) in [6.45, 7) is 9.60. The lowest BCUT2D eigenvalue weighted by molar-refractivity contribution is 0.0195. The molecular formula is C22H32N4O. The largest absolute Gasteiger partial charge is 0.424 e. The van der Waals surface area contributed by atoms with Crippen molar-refractivity contribution in [3.63, 3.8) is 0 Å². The smallest absolute Gasteiger partial charge is 0.230 e. The van der Waals surface area contributed by atoms with Gasteiger partial charge in [0.05, 0.1) is 6.54 Å². The summed E-state index contributed by atoms with van der Waals surface area (Å²) < 4.78 is 5.80. The molecule has 2 fully saturated rings. The van der Waals surface area contributed by atoms with Crippen molar-refractivity contribution in [3.05, 3.63) is 47.7 Å². The monoisotopic (exact) mass is 368 g/mol. The van der Waals surface area contributed by atoms with Crippen LogP contribution in [0.5, 0.6) is 0 Å². The Bertz CT molecular complexity index is 734. The van der Waals surface area contributed by atoms with Crippen LogP contribution in [0.25, 0.3) is 0 Å². The third kappa shape index (κ3) is 4.25. The van der Waals surface area contributed by atoms with Crippen molar-refractivity contribution in [1.29, 1.82) is 0 Å². The molecule has 0 amide bonds. The number of hydrogen-bond donors (Lipinski definition) is 0. The first kappa shape index (κ1) is 18.6. The Balaban J connectivity index is 1.38. The molecule has 0 aliphatic carbocycles. The Kier molecular flexibility index (Phi) is 5.33. The minimum absolute atomic E-state index is 0.295. The summed E-state index contributed by atoms with van der Waals surface area (Å²) in [5.74, 6) is 2.46. The zero-order valence-electron chi connectivity index (χ0n) is 16.9. The second-order valence-electron chi connectivity index (χ2n) is 8.97. The van der Waals surface area contributed by atoms with Gasteiger partial charge in [-0.25, -0.2) is 0 Å². The van der Waals surface area contributed by atoms with Crippen LogP contribution in [0.2, 0.25) is 0 Å². The fourth-order valence-corrected chi connectivity index (χ4v) is 4.92. The maximum absolute atomic E-state index is 5.80. The molecule has 27 heavy (non-hydrogen) atoms. The van der Waals surface area contributed by atoms with E-state index >= 15 is 0 Å². The summed E-state index contributed by atoms with van der Waals surface area (Å²) in [4.78, 5) is 5.03. The minimum Gasteiger partial charge on any atom is -0.424 e. The molecule has 0 radical (unpaired) electrons. The standard InChI is InChI=1S/C22H32N4O/c1-17(2)21-24-23-20(27-21)15-26-11-9-22(10-12-26)13-19(14-25(3)16-22)18-7-5-4-6-8-18/h4-8,17,19H,9-16H2,1-3H3. The Hall–Kier alpha value is -1.72. The summed E-state index contributed by atoms with van der Waals surface area (Å²) in [6.07, 6.45) is 3.82. The first-order chi connectivity index (χ1) is 13.0. The van der Waals surface area contributed by atoms with Crippen LogP contribution >= 0.6 is 0 Å². The fourth-order valence-electron chi connectivity index (χ4n) is 4.92. The molecule has 0 N–H and O–H groups in total. The highest BCUT2D eigenvalue weighted by atomic mass is 16.4. The van der Waals surface area contributed by atoms with Gasteiger partial charge in [-0.1, -0.05) is 44.2 Å². The molecule has 2 aliphatic rings. The molecule has 1 atom stereocenters. The topological polar surface area (TPSA) is 45.4 Å². The van der Waals surface area contributed by atoms with E-state index in [2.05, 4.69) is 71.2 Å². The maximum Gasteiger partial charge on any atom is 0.230 e. The van der Waals surface area contributed by atoms with E-state index in [9.17, 15) is 0 Å². The third-order valence-corrected chi connectivity index (χ3v) is 6.34. The van der Waals surface area contributed by atoms with Gasteiger partial charge in [-0.3, -0.25) is 4.90 Å². The van der Waals surface area contributed by atoms with Gasteiger partial charge in [0.1, 0.15) is 0 Å². The highest BCUT2D eigenvalue weighted by molar-refractivity contribution is 5.21. The lowest BCUT2D eigenvalue weighted by Crippen LogP contribution is -2.50. The lowest BCUT2D eigenvalue weighted by atomic mass is 9.68. The number of rotatable bonds is 4. The molecule has 146 valence electrons. The van der Waals surface area contributed by atoms with Gasteiger partial charge in [0.15, 0.2) is 0 Å². The number of hydrogen-bond acceptors (Lipinski definition) is 5. The zero-order valence-corrected chi connectivity index (χ0v) is 16.9. The van der Waals surface area contributed by atoms with Gasteiger partial charge in [-0.2, -0.15) is 0 Å². The van der Waals surface area contributed by atoms with Crippen molar-refractivity contribution >= 4 is 0 Å². The maximum atomic E-state index is 5.80. The van der Waals surface area contributed by atoms with Crippen LogP contribution in [0.15, 0.2) is 34.7 Å². The number of benzene rings is 1. The van der Waals surface area contributed by atoms with Crippen molar-refractivity contribution in [2.24, 2.45) is 5.41 Å². The second kappa shape index (κ2) is 7.72. The van der Waals surface area contributed by atoms with E-state index in [0.29, 0.717) is 17.3 Å². The highest BCUT2D eigenvalue weighted by Gasteiger charge is 2.41. The van der Waals surface area contributed by atoms with Crippen LogP contribution in [0.3, 0.4) is 0 Å². The zero-order chi connectivity index (χ0) is 18.9. The first-order valence-electron chi connectivity index (χ1n) is 10.3. The molecule has 2 aromatic rings. The average molecular weight is 369 g/mol. The second-order valence-corrected chi connectivity index (χ2v) is 8.97. The molecule has 4 rings (SSSR count). The molecule has 2 aliphatic heterocycles. The van der Waals surface area contributed by atoms with E-state index in [1.807, 2.05) is 0 Å². The first-order valence-corrected chi connectivity index (χ1v) is 10.3. The normalized spacial score (nSPS) is 23.9. The Labute approximate surface area is 162 Å². The van der Waals surface area contributed by atoms with Crippen molar-refractivity contribution in [1.82, 2.24) is 20.0 Å². The molecular weight excluding hydrogens is 336 g/mol. The van der Waals surface area contributed by atoms with Crippen LogP contribution in [0.4, 0.5) is 0 Å². The van der Waals surface area contributed by atoms with E-state index in [0.717, 1.165) is 31.4 Å². The SMILES string of the molecule is CC(C)c1nnc(CN2CCC3(CC2)CC(c2ccccc2)CN(C)C3)o1. The predicted octanol–water partition coefficient (Wildman–Crippen LogP) is 3.89. The number of piperidine rings is 2. The fraction of sp³-hybridized carbons (Fsp3) is 0.636. The summed E-state index contributed by atoms with van der Waals surface area (Å²) in [7, 11) is 2.29. The number of nitrogens with zero attached hydrogens (tertiary/aromatic N) is 4. The van der Waals surface area contributed by atoms with Crippen LogP contribution in [0, 0.1) is 5.41 Å². The molecule has 5 nitrogen and oxygen atoms in total. The minimum atomic E-state index is 0.295. The van der Waals surface area contributed by atoms with E-state index in [-0.39, 0.29) is 0 Å².